The van der Waals surface area contributed by atoms with Crippen LogP contribution < -0.4 is 32.1 Å². The summed E-state index contributed by atoms with van der Waals surface area (Å²) >= 11 is 0. The molecule has 37 heavy (non-hydrogen) atoms. The van der Waals surface area contributed by atoms with E-state index in [0.717, 1.165) is 19.3 Å². The zero-order chi connectivity index (χ0) is 27.8. The molecule has 1 fully saturated rings. The Morgan fingerprint density at radius 1 is 1.16 bits per heavy atom. The topological polar surface area (TPSA) is 178 Å². The van der Waals surface area contributed by atoms with Gasteiger partial charge >= 0.3 is 0 Å². The van der Waals surface area contributed by atoms with Gasteiger partial charge in [0.1, 0.15) is 0 Å². The number of aliphatic hydroxyl groups excluding tert-OH is 2. The minimum Gasteiger partial charge on any atom is -0.390 e. The second kappa shape index (κ2) is 14.3. The van der Waals surface area contributed by atoms with Gasteiger partial charge in [0.05, 0.1) is 42.7 Å². The summed E-state index contributed by atoms with van der Waals surface area (Å²) in [6, 6.07) is -0.916. The average molecular weight is 529 g/mol. The summed E-state index contributed by atoms with van der Waals surface area (Å²) in [4.78, 5) is 36.1. The zero-order valence-electron chi connectivity index (χ0n) is 22.5. The van der Waals surface area contributed by atoms with Crippen molar-refractivity contribution in [3.8, 4) is 0 Å². The number of hydrogen-bond acceptors (Lipinski definition) is 11. The van der Waals surface area contributed by atoms with Crippen molar-refractivity contribution in [2.24, 2.45) is 5.92 Å². The molecular formula is C25H44N4O8. The number of aliphatic hydroxyl groups is 3. The van der Waals surface area contributed by atoms with Gasteiger partial charge in [0.25, 0.3) is 0 Å². The van der Waals surface area contributed by atoms with Crippen LogP contribution in [0.1, 0.15) is 71.4 Å². The summed E-state index contributed by atoms with van der Waals surface area (Å²) in [7, 11) is 1.61. The molecule has 1 heterocycles. The molecule has 1 aliphatic heterocycles. The molecule has 1 amide bonds. The van der Waals surface area contributed by atoms with Gasteiger partial charge in [-0.2, -0.15) is 0 Å². The molecule has 1 aromatic carbocycles. The van der Waals surface area contributed by atoms with Crippen LogP contribution in [0.3, 0.4) is 0 Å². The van der Waals surface area contributed by atoms with Gasteiger partial charge in [-0.15, -0.1) is 0 Å². The van der Waals surface area contributed by atoms with Crippen molar-refractivity contribution >= 4 is 11.6 Å². The summed E-state index contributed by atoms with van der Waals surface area (Å²) < 4.78 is 11.8. The van der Waals surface area contributed by atoms with Crippen molar-refractivity contribution in [2.75, 3.05) is 32.4 Å². The second-order valence-electron chi connectivity index (χ2n) is 10.4. The SMILES string of the molecule is CNc1c(C(CCCCCO[C@@H]2OC(C)[C@@H](NC(=O)CC(C)(C)O)[C@H](O)C2C)NCNCO)c(=O)c1=O. The summed E-state index contributed by atoms with van der Waals surface area (Å²) in [5.74, 6) is -0.727. The molecule has 7 N–H and O–H groups in total. The van der Waals surface area contributed by atoms with Crippen LogP contribution in [0.5, 0.6) is 0 Å². The van der Waals surface area contributed by atoms with E-state index in [1.165, 1.54) is 0 Å². The number of nitrogens with one attached hydrogen (secondary N) is 4. The van der Waals surface area contributed by atoms with Crippen LogP contribution in [0, 0.1) is 5.92 Å². The molecule has 1 aliphatic rings. The highest BCUT2D eigenvalue weighted by atomic mass is 16.7. The van der Waals surface area contributed by atoms with E-state index in [1.807, 2.05) is 0 Å². The van der Waals surface area contributed by atoms with Crippen LogP contribution in [-0.2, 0) is 14.3 Å². The predicted octanol–water partition coefficient (Wildman–Crippen LogP) is -0.583. The van der Waals surface area contributed by atoms with E-state index in [4.69, 9.17) is 14.6 Å². The second-order valence-corrected chi connectivity index (χ2v) is 10.4. The highest BCUT2D eigenvalue weighted by Crippen LogP contribution is 2.28. The van der Waals surface area contributed by atoms with Crippen molar-refractivity contribution in [1.82, 2.24) is 16.0 Å². The van der Waals surface area contributed by atoms with Crippen molar-refractivity contribution in [1.29, 1.82) is 0 Å². The zero-order valence-corrected chi connectivity index (χ0v) is 22.5. The van der Waals surface area contributed by atoms with Crippen LogP contribution in [0.2, 0.25) is 0 Å². The van der Waals surface area contributed by atoms with Crippen molar-refractivity contribution in [3.05, 3.63) is 26.0 Å². The first kappa shape index (κ1) is 31.3. The maximum atomic E-state index is 12.2. The summed E-state index contributed by atoms with van der Waals surface area (Å²) in [6.07, 6.45) is 0.912. The highest BCUT2D eigenvalue weighted by Gasteiger charge is 2.42. The largest absolute Gasteiger partial charge is 0.390 e. The van der Waals surface area contributed by atoms with Crippen LogP contribution in [0.4, 0.5) is 5.69 Å². The van der Waals surface area contributed by atoms with Crippen molar-refractivity contribution in [2.45, 2.75) is 96.0 Å². The number of unbranched alkanes of at least 4 members (excludes halogenated alkanes) is 2. The minimum absolute atomic E-state index is 0.0798. The summed E-state index contributed by atoms with van der Waals surface area (Å²) in [5, 5.41) is 41.0. The van der Waals surface area contributed by atoms with Gasteiger partial charge in [-0.1, -0.05) is 19.8 Å². The Balaban J connectivity index is 1.78. The molecule has 212 valence electrons. The van der Waals surface area contributed by atoms with E-state index in [0.29, 0.717) is 30.9 Å². The molecular weight excluding hydrogens is 484 g/mol. The average Bonchev–Trinajstić information content (AvgIpc) is 2.82. The predicted molar refractivity (Wildman–Crippen MR) is 139 cm³/mol. The first-order chi connectivity index (χ1) is 17.4. The van der Waals surface area contributed by atoms with Gasteiger partial charge in [0, 0.05) is 37.8 Å². The molecule has 0 saturated carbocycles. The number of anilines is 1. The molecule has 3 unspecified atom stereocenters. The molecule has 12 heteroatoms. The summed E-state index contributed by atoms with van der Waals surface area (Å²) in [5.41, 5.74) is -1.36. The lowest BCUT2D eigenvalue weighted by Gasteiger charge is -2.42. The monoisotopic (exact) mass is 528 g/mol. The Morgan fingerprint density at radius 3 is 2.49 bits per heavy atom. The molecule has 0 spiro atoms. The van der Waals surface area contributed by atoms with E-state index < -0.39 is 41.0 Å². The molecule has 1 saturated heterocycles. The lowest BCUT2D eigenvalue weighted by Crippen LogP contribution is -2.60. The Bertz CT molecular complexity index is 927. The third-order valence-electron chi connectivity index (χ3n) is 6.66. The Labute approximate surface area is 217 Å². The first-order valence-corrected chi connectivity index (χ1v) is 12.9. The third-order valence-corrected chi connectivity index (χ3v) is 6.66. The number of hydrogen-bond donors (Lipinski definition) is 7. The lowest BCUT2D eigenvalue weighted by molar-refractivity contribution is -0.249. The molecule has 2 rings (SSSR count). The van der Waals surface area contributed by atoms with E-state index in [2.05, 4.69) is 21.3 Å². The number of carbonyl (C=O) groups excluding carboxylic acids is 1. The number of rotatable bonds is 16. The van der Waals surface area contributed by atoms with E-state index >= 15 is 0 Å². The molecule has 0 bridgehead atoms. The van der Waals surface area contributed by atoms with Crippen LogP contribution in [-0.4, -0.2) is 78.4 Å². The van der Waals surface area contributed by atoms with Crippen LogP contribution in [0.15, 0.2) is 9.59 Å². The molecule has 12 nitrogen and oxygen atoms in total. The Kier molecular flexibility index (Phi) is 12.1. The maximum Gasteiger partial charge on any atom is 0.249 e. The highest BCUT2D eigenvalue weighted by molar-refractivity contribution is 5.77. The molecule has 1 aromatic rings. The van der Waals surface area contributed by atoms with Gasteiger partial charge in [-0.05, 0) is 33.6 Å². The van der Waals surface area contributed by atoms with Crippen LogP contribution in [0.25, 0.3) is 0 Å². The first-order valence-electron chi connectivity index (χ1n) is 12.9. The van der Waals surface area contributed by atoms with Crippen molar-refractivity contribution < 1.29 is 29.6 Å². The fraction of sp³-hybridized carbons (Fsp3) is 0.800. The van der Waals surface area contributed by atoms with Gasteiger partial charge in [0.15, 0.2) is 6.29 Å². The summed E-state index contributed by atoms with van der Waals surface area (Å²) in [6.45, 7) is 7.17. The maximum absolute atomic E-state index is 12.2. The quantitative estimate of drug-likeness (QED) is 0.0829. The van der Waals surface area contributed by atoms with Gasteiger partial charge in [0.2, 0.25) is 16.8 Å². The minimum atomic E-state index is -1.14. The number of ether oxygens (including phenoxy) is 2. The molecule has 0 aliphatic carbocycles. The Morgan fingerprint density at radius 2 is 1.86 bits per heavy atom. The van der Waals surface area contributed by atoms with E-state index in [-0.39, 0.29) is 31.0 Å². The van der Waals surface area contributed by atoms with Crippen LogP contribution >= 0.6 is 0 Å². The standard InChI is InChI=1S/C25H44N4O8/c1-14-21(32)19(29-17(31)11-25(3,4)35)15(2)37-24(14)36-10-8-6-7-9-16(28-12-27-13-30)18-20(26-5)23(34)22(18)33/h14-16,19,21,24,26-28,30,32,35H,6-13H2,1-5H3,(H,29,31)/t14?,15?,16?,19-,21-,24-/m1/s1. The fourth-order valence-corrected chi connectivity index (χ4v) is 4.63. The van der Waals surface area contributed by atoms with Gasteiger partial charge < -0.3 is 35.4 Å². The smallest absolute Gasteiger partial charge is 0.249 e. The van der Waals surface area contributed by atoms with Crippen molar-refractivity contribution in [3.63, 3.8) is 0 Å². The molecule has 0 radical (unpaired) electrons. The number of carbonyl (C=O) groups is 1. The van der Waals surface area contributed by atoms with Gasteiger partial charge in [-0.3, -0.25) is 25.0 Å². The normalized spacial score (nSPS) is 25.2. The molecule has 0 aromatic heterocycles. The van der Waals surface area contributed by atoms with E-state index in [1.54, 1.807) is 34.7 Å². The lowest BCUT2D eigenvalue weighted by atomic mass is 9.90. The molecule has 6 atom stereocenters. The number of amides is 1. The van der Waals surface area contributed by atoms with Gasteiger partial charge in [-0.25, -0.2) is 0 Å². The third kappa shape index (κ3) is 8.81. The fourth-order valence-electron chi connectivity index (χ4n) is 4.63. The van der Waals surface area contributed by atoms with E-state index in [9.17, 15) is 24.6 Å². The Hall–Kier alpha value is -1.93.